The Labute approximate surface area is 160 Å². The van der Waals surface area contributed by atoms with E-state index in [4.69, 9.17) is 9.47 Å². The highest BCUT2D eigenvalue weighted by atomic mass is 19.4. The Kier molecular flexibility index (Phi) is 7.06. The third-order valence-corrected chi connectivity index (χ3v) is 3.93. The van der Waals surface area contributed by atoms with Crippen LogP contribution in [0.2, 0.25) is 0 Å². The van der Waals surface area contributed by atoms with Crippen molar-refractivity contribution >= 4 is 12.0 Å². The number of carbonyl (C=O) groups excluding carboxylic acids is 1. The summed E-state index contributed by atoms with van der Waals surface area (Å²) in [6.07, 6.45) is -2.73. The first-order valence-electron chi connectivity index (χ1n) is 8.27. The molecule has 0 unspecified atom stereocenters. The molecule has 2 rings (SSSR count). The van der Waals surface area contributed by atoms with Gasteiger partial charge >= 0.3 is 6.18 Å². The van der Waals surface area contributed by atoms with Crippen LogP contribution in [0, 0.1) is 0 Å². The minimum atomic E-state index is -4.44. The number of ether oxygens (including phenoxy) is 2. The van der Waals surface area contributed by atoms with E-state index < -0.39 is 23.8 Å². The fourth-order valence-electron chi connectivity index (χ4n) is 2.40. The molecule has 28 heavy (non-hydrogen) atoms. The molecule has 2 aromatic rings. The number of carbonyl (C=O) groups is 1. The zero-order chi connectivity index (χ0) is 20.7. The molecule has 5 nitrogen and oxygen atoms in total. The Balaban J connectivity index is 1.92. The van der Waals surface area contributed by atoms with Crippen LogP contribution in [0.4, 0.5) is 13.2 Å². The highest BCUT2D eigenvalue weighted by Gasteiger charge is 2.30. The molecule has 0 saturated carbocycles. The van der Waals surface area contributed by atoms with Gasteiger partial charge in [0.1, 0.15) is 0 Å². The van der Waals surface area contributed by atoms with Crippen molar-refractivity contribution in [1.29, 1.82) is 0 Å². The van der Waals surface area contributed by atoms with Crippen molar-refractivity contribution in [3.8, 4) is 11.5 Å². The van der Waals surface area contributed by atoms with E-state index in [0.29, 0.717) is 17.1 Å². The highest BCUT2D eigenvalue weighted by molar-refractivity contribution is 5.91. The number of benzene rings is 2. The molecule has 2 aromatic carbocycles. The summed E-state index contributed by atoms with van der Waals surface area (Å²) in [4.78, 5) is 11.9. The number of hydrogen-bond acceptors (Lipinski definition) is 4. The third kappa shape index (κ3) is 5.75. The van der Waals surface area contributed by atoms with Crippen molar-refractivity contribution in [3.63, 3.8) is 0 Å². The summed E-state index contributed by atoms with van der Waals surface area (Å²) in [6, 6.07) is 9.26. The largest absolute Gasteiger partial charge is 0.493 e. The van der Waals surface area contributed by atoms with E-state index >= 15 is 0 Å². The van der Waals surface area contributed by atoms with Crippen molar-refractivity contribution in [1.82, 2.24) is 5.32 Å². The van der Waals surface area contributed by atoms with Gasteiger partial charge in [-0.15, -0.1) is 0 Å². The topological polar surface area (TPSA) is 67.8 Å². The number of hydrogen-bond donors (Lipinski definition) is 2. The van der Waals surface area contributed by atoms with Crippen LogP contribution in [0.15, 0.2) is 48.5 Å². The van der Waals surface area contributed by atoms with Gasteiger partial charge in [0.05, 0.1) is 25.9 Å². The zero-order valence-electron chi connectivity index (χ0n) is 15.3. The minimum Gasteiger partial charge on any atom is -0.493 e. The van der Waals surface area contributed by atoms with Gasteiger partial charge in [-0.05, 0) is 41.5 Å². The van der Waals surface area contributed by atoms with E-state index in [9.17, 15) is 23.1 Å². The number of rotatable bonds is 7. The number of alkyl halides is 3. The van der Waals surface area contributed by atoms with Gasteiger partial charge in [0, 0.05) is 12.6 Å². The van der Waals surface area contributed by atoms with E-state index in [2.05, 4.69) is 5.32 Å². The van der Waals surface area contributed by atoms with E-state index in [1.807, 2.05) is 0 Å². The molecule has 0 radical (unpaired) electrons. The molecule has 0 saturated heterocycles. The van der Waals surface area contributed by atoms with Crippen LogP contribution < -0.4 is 14.8 Å². The molecule has 150 valence electrons. The lowest BCUT2D eigenvalue weighted by Crippen LogP contribution is -2.26. The molecule has 0 aliphatic rings. The number of nitrogens with one attached hydrogen (secondary N) is 1. The Hall–Kier alpha value is -3.00. The first kappa shape index (κ1) is 21.3. The first-order chi connectivity index (χ1) is 13.2. The molecule has 1 atom stereocenters. The van der Waals surface area contributed by atoms with E-state index in [0.717, 1.165) is 12.1 Å². The molecular weight excluding hydrogens is 375 g/mol. The third-order valence-electron chi connectivity index (χ3n) is 3.93. The quantitative estimate of drug-likeness (QED) is 0.704. The van der Waals surface area contributed by atoms with Crippen molar-refractivity contribution in [2.24, 2.45) is 0 Å². The van der Waals surface area contributed by atoms with Gasteiger partial charge in [-0.3, -0.25) is 4.79 Å². The SMILES string of the molecule is COc1ccc(/C=C/C(=O)NC[C@H](O)c2ccc(C(F)(F)F)cc2)cc1OC. The van der Waals surface area contributed by atoms with E-state index in [-0.39, 0.29) is 12.1 Å². The van der Waals surface area contributed by atoms with Gasteiger partial charge in [-0.1, -0.05) is 18.2 Å². The van der Waals surface area contributed by atoms with Crippen molar-refractivity contribution < 1.29 is 32.5 Å². The van der Waals surface area contributed by atoms with Gasteiger partial charge in [-0.25, -0.2) is 0 Å². The molecule has 2 N–H and O–H groups in total. The fraction of sp³-hybridized carbons (Fsp3) is 0.250. The van der Waals surface area contributed by atoms with Crippen LogP contribution in [0.3, 0.4) is 0 Å². The number of methoxy groups -OCH3 is 2. The minimum absolute atomic E-state index is 0.138. The van der Waals surface area contributed by atoms with Crippen LogP contribution in [0.25, 0.3) is 6.08 Å². The molecule has 0 heterocycles. The molecule has 0 aliphatic heterocycles. The molecule has 0 spiro atoms. The molecule has 0 aliphatic carbocycles. The van der Waals surface area contributed by atoms with Crippen LogP contribution >= 0.6 is 0 Å². The Bertz CT molecular complexity index is 832. The van der Waals surface area contributed by atoms with Gasteiger partial charge in [0.25, 0.3) is 0 Å². The highest BCUT2D eigenvalue weighted by Crippen LogP contribution is 2.30. The second-order valence-electron chi connectivity index (χ2n) is 5.83. The van der Waals surface area contributed by atoms with Crippen LogP contribution in [-0.2, 0) is 11.0 Å². The lowest BCUT2D eigenvalue weighted by atomic mass is 10.1. The lowest BCUT2D eigenvalue weighted by Gasteiger charge is -2.13. The normalized spacial score (nSPS) is 12.6. The molecule has 1 amide bonds. The monoisotopic (exact) mass is 395 g/mol. The van der Waals surface area contributed by atoms with Crippen molar-refractivity contribution in [2.75, 3.05) is 20.8 Å². The van der Waals surface area contributed by atoms with Crippen molar-refractivity contribution in [2.45, 2.75) is 12.3 Å². The smallest absolute Gasteiger partial charge is 0.416 e. The average Bonchev–Trinajstić information content (AvgIpc) is 2.69. The Morgan fingerprint density at radius 2 is 1.75 bits per heavy atom. The standard InChI is InChI=1S/C20H20F3NO4/c1-27-17-9-3-13(11-18(17)28-2)4-10-19(26)24-12-16(25)14-5-7-15(8-6-14)20(21,22)23/h3-11,16,25H,12H2,1-2H3,(H,24,26)/b10-4+/t16-/m0/s1. The van der Waals surface area contributed by atoms with E-state index in [1.54, 1.807) is 24.3 Å². The summed E-state index contributed by atoms with van der Waals surface area (Å²) in [6.45, 7) is -0.138. The zero-order valence-corrected chi connectivity index (χ0v) is 15.3. The number of halogens is 3. The van der Waals surface area contributed by atoms with Gasteiger partial charge < -0.3 is 19.9 Å². The lowest BCUT2D eigenvalue weighted by molar-refractivity contribution is -0.137. The summed E-state index contributed by atoms with van der Waals surface area (Å²) in [5.74, 6) is 0.618. The van der Waals surface area contributed by atoms with Crippen molar-refractivity contribution in [3.05, 3.63) is 65.2 Å². The number of aliphatic hydroxyl groups is 1. The van der Waals surface area contributed by atoms with Crippen LogP contribution in [-0.4, -0.2) is 31.8 Å². The summed E-state index contributed by atoms with van der Waals surface area (Å²) < 4.78 is 48.0. The Morgan fingerprint density at radius 1 is 1.11 bits per heavy atom. The first-order valence-corrected chi connectivity index (χ1v) is 8.27. The van der Waals surface area contributed by atoms with Gasteiger partial charge in [-0.2, -0.15) is 13.2 Å². The molecule has 0 aromatic heterocycles. The fourth-order valence-corrected chi connectivity index (χ4v) is 2.40. The molecular formula is C20H20F3NO4. The summed E-state index contributed by atoms with van der Waals surface area (Å²) in [7, 11) is 3.02. The van der Waals surface area contributed by atoms with Crippen LogP contribution in [0.1, 0.15) is 22.8 Å². The molecule has 0 bridgehead atoms. The average molecular weight is 395 g/mol. The maximum absolute atomic E-state index is 12.5. The molecule has 8 heteroatoms. The Morgan fingerprint density at radius 3 is 2.32 bits per heavy atom. The molecule has 0 fully saturated rings. The predicted octanol–water partition coefficient (Wildman–Crippen LogP) is 3.59. The van der Waals surface area contributed by atoms with Gasteiger partial charge in [0.2, 0.25) is 5.91 Å². The number of amides is 1. The van der Waals surface area contributed by atoms with E-state index in [1.165, 1.54) is 32.4 Å². The van der Waals surface area contributed by atoms with Gasteiger partial charge in [0.15, 0.2) is 11.5 Å². The second-order valence-corrected chi connectivity index (χ2v) is 5.83. The summed E-state index contributed by atoms with van der Waals surface area (Å²) >= 11 is 0. The predicted molar refractivity (Wildman–Crippen MR) is 98.0 cm³/mol. The maximum atomic E-state index is 12.5. The number of aliphatic hydroxyl groups excluding tert-OH is 1. The summed E-state index contributed by atoms with van der Waals surface area (Å²) in [5, 5.41) is 12.5. The van der Waals surface area contributed by atoms with Crippen LogP contribution in [0.5, 0.6) is 11.5 Å². The summed E-state index contributed by atoms with van der Waals surface area (Å²) in [5.41, 5.74) is 0.179. The second kappa shape index (κ2) is 9.27. The maximum Gasteiger partial charge on any atom is 0.416 e.